The fraction of sp³-hybridized carbons (Fsp3) is 0.500. The molecule has 0 aromatic heterocycles. The Morgan fingerprint density at radius 2 is 1.89 bits per heavy atom. The van der Waals surface area contributed by atoms with Crippen LogP contribution in [0.5, 0.6) is 0 Å². The summed E-state index contributed by atoms with van der Waals surface area (Å²) in [7, 11) is -1.64. The lowest BCUT2D eigenvalue weighted by Gasteiger charge is -2.12. The summed E-state index contributed by atoms with van der Waals surface area (Å²) >= 11 is 0. The Labute approximate surface area is 113 Å². The number of sulfone groups is 1. The van der Waals surface area contributed by atoms with Crippen LogP contribution in [0.3, 0.4) is 0 Å². The molecule has 0 aliphatic carbocycles. The van der Waals surface area contributed by atoms with E-state index in [1.54, 1.807) is 19.2 Å². The Bertz CT molecular complexity index is 471. The summed E-state index contributed by atoms with van der Waals surface area (Å²) in [4.78, 5) is 5.24. The minimum atomic E-state index is -3.21. The molecule has 1 atom stereocenters. The van der Waals surface area contributed by atoms with Crippen molar-refractivity contribution in [1.29, 1.82) is 0 Å². The smallest absolute Gasteiger partial charge is 0.175 e. The highest BCUT2D eigenvalue weighted by Gasteiger charge is 2.10. The lowest BCUT2D eigenvalue weighted by molar-refractivity contribution is -0.0112. The summed E-state index contributed by atoms with van der Waals surface area (Å²) in [6, 6.07) is 6.11. The average molecular weight is 289 g/mol. The maximum atomic E-state index is 11.3. The van der Waals surface area contributed by atoms with Crippen LogP contribution >= 0.6 is 0 Å². The first-order valence-corrected chi connectivity index (χ1v) is 7.66. The van der Waals surface area contributed by atoms with Crippen molar-refractivity contribution >= 4 is 9.84 Å². The van der Waals surface area contributed by atoms with Crippen molar-refractivity contribution in [2.24, 2.45) is 0 Å². The van der Waals surface area contributed by atoms with Gasteiger partial charge < -0.3 is 9.84 Å². The summed E-state index contributed by atoms with van der Waals surface area (Å²) in [5.41, 5.74) is 3.24. The lowest BCUT2D eigenvalue weighted by Crippen LogP contribution is -2.23. The van der Waals surface area contributed by atoms with Crippen molar-refractivity contribution in [3.63, 3.8) is 0 Å². The Kier molecular flexibility index (Phi) is 6.40. The number of hydrogen-bond acceptors (Lipinski definition) is 6. The van der Waals surface area contributed by atoms with Crippen LogP contribution in [0.15, 0.2) is 29.2 Å². The van der Waals surface area contributed by atoms with Crippen molar-refractivity contribution in [3.8, 4) is 0 Å². The van der Waals surface area contributed by atoms with Gasteiger partial charge in [0.1, 0.15) is 0 Å². The molecule has 0 bridgehead atoms. The van der Waals surface area contributed by atoms with Gasteiger partial charge in [-0.1, -0.05) is 12.1 Å². The van der Waals surface area contributed by atoms with Crippen molar-refractivity contribution in [3.05, 3.63) is 29.8 Å². The minimum absolute atomic E-state index is 0.210. The van der Waals surface area contributed by atoms with E-state index >= 15 is 0 Å². The van der Waals surface area contributed by atoms with E-state index in [0.29, 0.717) is 18.8 Å². The van der Waals surface area contributed by atoms with E-state index in [-0.39, 0.29) is 11.4 Å². The highest BCUT2D eigenvalue weighted by molar-refractivity contribution is 7.90. The third-order valence-electron chi connectivity index (χ3n) is 2.46. The molecule has 1 aromatic carbocycles. The van der Waals surface area contributed by atoms with Crippen molar-refractivity contribution in [2.75, 3.05) is 33.1 Å². The highest BCUT2D eigenvalue weighted by atomic mass is 32.2. The number of aliphatic hydroxyl groups is 1. The standard InChI is InChI=1S/C12H19NO5S/c1-17-7-8-18-13-9-12(14)10-3-5-11(6-4-10)19(2,15)16/h3-6,12-14H,7-9H2,1-2H3. The maximum Gasteiger partial charge on any atom is 0.175 e. The summed E-state index contributed by atoms with van der Waals surface area (Å²) in [5.74, 6) is 0. The molecule has 0 saturated carbocycles. The second-order valence-electron chi connectivity index (χ2n) is 4.05. The number of aliphatic hydroxyl groups excluding tert-OH is 1. The van der Waals surface area contributed by atoms with Gasteiger partial charge in [-0.15, -0.1) is 0 Å². The number of nitrogens with one attached hydrogen (secondary N) is 1. The van der Waals surface area contributed by atoms with Gasteiger partial charge in [0.15, 0.2) is 9.84 Å². The summed E-state index contributed by atoms with van der Waals surface area (Å²) in [6.07, 6.45) is 0.375. The van der Waals surface area contributed by atoms with Crippen LogP contribution in [-0.2, 0) is 19.4 Å². The monoisotopic (exact) mass is 289 g/mol. The van der Waals surface area contributed by atoms with Gasteiger partial charge in [-0.2, -0.15) is 5.48 Å². The van der Waals surface area contributed by atoms with E-state index in [9.17, 15) is 13.5 Å². The Morgan fingerprint density at radius 3 is 2.42 bits per heavy atom. The molecule has 0 aliphatic rings. The van der Waals surface area contributed by atoms with Crippen LogP contribution in [0, 0.1) is 0 Å². The highest BCUT2D eigenvalue weighted by Crippen LogP contribution is 2.15. The molecule has 0 saturated heterocycles. The minimum Gasteiger partial charge on any atom is -0.387 e. The second-order valence-corrected chi connectivity index (χ2v) is 6.06. The van der Waals surface area contributed by atoms with Crippen LogP contribution in [0.2, 0.25) is 0 Å². The number of methoxy groups -OCH3 is 1. The van der Waals surface area contributed by atoms with E-state index in [4.69, 9.17) is 9.57 Å². The Balaban J connectivity index is 2.47. The van der Waals surface area contributed by atoms with Crippen molar-refractivity contribution < 1.29 is 23.1 Å². The number of benzene rings is 1. The molecule has 2 N–H and O–H groups in total. The first-order valence-electron chi connectivity index (χ1n) is 5.77. The van der Waals surface area contributed by atoms with Gasteiger partial charge in [0.25, 0.3) is 0 Å². The Hall–Kier alpha value is -0.990. The predicted molar refractivity (Wildman–Crippen MR) is 70.3 cm³/mol. The fourth-order valence-corrected chi connectivity index (χ4v) is 2.02. The normalized spacial score (nSPS) is 13.4. The number of hydroxylamine groups is 1. The van der Waals surface area contributed by atoms with E-state index < -0.39 is 15.9 Å². The second kappa shape index (κ2) is 7.56. The lowest BCUT2D eigenvalue weighted by atomic mass is 10.1. The maximum absolute atomic E-state index is 11.3. The number of hydrogen-bond donors (Lipinski definition) is 2. The SMILES string of the molecule is COCCONCC(O)c1ccc(S(C)(=O)=O)cc1. The Morgan fingerprint density at radius 1 is 1.26 bits per heavy atom. The van der Waals surface area contributed by atoms with Crippen LogP contribution < -0.4 is 5.48 Å². The van der Waals surface area contributed by atoms with Gasteiger partial charge in [-0.3, -0.25) is 4.84 Å². The van der Waals surface area contributed by atoms with Crippen molar-refractivity contribution in [1.82, 2.24) is 5.48 Å². The molecular weight excluding hydrogens is 270 g/mol. The third-order valence-corrected chi connectivity index (χ3v) is 3.59. The zero-order chi connectivity index (χ0) is 14.3. The molecule has 1 rings (SSSR count). The first kappa shape index (κ1) is 16.1. The van der Waals surface area contributed by atoms with E-state index in [2.05, 4.69) is 5.48 Å². The molecule has 6 nitrogen and oxygen atoms in total. The number of ether oxygens (including phenoxy) is 1. The molecular formula is C12H19NO5S. The topological polar surface area (TPSA) is 84.9 Å². The molecule has 0 fully saturated rings. The molecule has 19 heavy (non-hydrogen) atoms. The number of rotatable bonds is 8. The van der Waals surface area contributed by atoms with Gasteiger partial charge in [0, 0.05) is 13.4 Å². The molecule has 0 heterocycles. The molecule has 1 aromatic rings. The zero-order valence-corrected chi connectivity index (χ0v) is 11.8. The van der Waals surface area contributed by atoms with Crippen LogP contribution in [0.25, 0.3) is 0 Å². The predicted octanol–water partition coefficient (Wildman–Crippen LogP) is 0.291. The third kappa shape index (κ3) is 5.66. The van der Waals surface area contributed by atoms with Crippen molar-refractivity contribution in [2.45, 2.75) is 11.0 Å². The molecule has 0 aliphatic heterocycles. The fourth-order valence-electron chi connectivity index (χ4n) is 1.39. The summed E-state index contributed by atoms with van der Waals surface area (Å²) in [5, 5.41) is 9.85. The van der Waals surface area contributed by atoms with E-state index in [1.807, 2.05) is 0 Å². The van der Waals surface area contributed by atoms with Crippen LogP contribution in [0.4, 0.5) is 0 Å². The van der Waals surface area contributed by atoms with Gasteiger partial charge in [-0.25, -0.2) is 8.42 Å². The molecule has 108 valence electrons. The molecule has 0 spiro atoms. The molecule has 0 radical (unpaired) electrons. The van der Waals surface area contributed by atoms with Gasteiger partial charge >= 0.3 is 0 Å². The van der Waals surface area contributed by atoms with Gasteiger partial charge in [-0.05, 0) is 17.7 Å². The van der Waals surface area contributed by atoms with Gasteiger partial charge in [0.05, 0.1) is 30.8 Å². The van der Waals surface area contributed by atoms with Crippen LogP contribution in [0.1, 0.15) is 11.7 Å². The largest absolute Gasteiger partial charge is 0.387 e. The van der Waals surface area contributed by atoms with Gasteiger partial charge in [0.2, 0.25) is 0 Å². The molecule has 0 amide bonds. The average Bonchev–Trinajstić information content (AvgIpc) is 2.37. The zero-order valence-electron chi connectivity index (χ0n) is 11.0. The quantitative estimate of drug-likeness (QED) is 0.528. The molecule has 7 heteroatoms. The van der Waals surface area contributed by atoms with E-state index in [0.717, 1.165) is 6.26 Å². The summed E-state index contributed by atoms with van der Waals surface area (Å²) < 4.78 is 27.4. The van der Waals surface area contributed by atoms with Crippen LogP contribution in [-0.4, -0.2) is 46.6 Å². The summed E-state index contributed by atoms with van der Waals surface area (Å²) in [6.45, 7) is 1.06. The molecule has 1 unspecified atom stereocenters. The van der Waals surface area contributed by atoms with E-state index in [1.165, 1.54) is 12.1 Å². The first-order chi connectivity index (χ1) is 8.95.